The molecule has 6 nitrogen and oxygen atoms in total. The lowest BCUT2D eigenvalue weighted by Gasteiger charge is -2.26. The van der Waals surface area contributed by atoms with Crippen molar-refractivity contribution in [1.29, 1.82) is 0 Å². The molecule has 0 bridgehead atoms. The monoisotopic (exact) mass is 340 g/mol. The predicted molar refractivity (Wildman–Crippen MR) is 87.1 cm³/mol. The number of aryl methyl sites for hydroxylation is 1. The van der Waals surface area contributed by atoms with Crippen LogP contribution in [-0.2, 0) is 36.1 Å². The zero-order valence-electron chi connectivity index (χ0n) is 12.7. The topological polar surface area (TPSA) is 78.1 Å². The maximum atomic E-state index is 11.2. The molecule has 8 heteroatoms. The molecule has 0 saturated carbocycles. The first kappa shape index (κ1) is 15.7. The maximum Gasteiger partial charge on any atom is 0.209 e. The third-order valence-corrected chi connectivity index (χ3v) is 5.43. The van der Waals surface area contributed by atoms with Gasteiger partial charge in [0.15, 0.2) is 0 Å². The number of aromatic amines is 1. The lowest BCUT2D eigenvalue weighted by atomic mass is 10.0. The Labute approximate surface area is 134 Å². The SMILES string of the molecule is Cc1ccc(CN2CCc3c(CNS(C)(=O)=O)n[nH]c3C2)s1. The molecule has 3 rings (SSSR count). The molecule has 0 fully saturated rings. The molecule has 0 spiro atoms. The minimum absolute atomic E-state index is 0.259. The van der Waals surface area contributed by atoms with E-state index in [9.17, 15) is 8.42 Å². The summed E-state index contributed by atoms with van der Waals surface area (Å²) < 4.78 is 24.9. The largest absolute Gasteiger partial charge is 0.292 e. The quantitative estimate of drug-likeness (QED) is 0.862. The van der Waals surface area contributed by atoms with E-state index in [2.05, 4.69) is 38.9 Å². The van der Waals surface area contributed by atoms with Gasteiger partial charge in [-0.25, -0.2) is 13.1 Å². The number of nitrogens with one attached hydrogen (secondary N) is 2. The standard InChI is InChI=1S/C14H20N4O2S2/c1-10-3-4-11(21-10)8-18-6-5-12-13(7-15-22(2,19)20)16-17-14(12)9-18/h3-4,15H,5-9H2,1-2H3,(H,16,17). The lowest BCUT2D eigenvalue weighted by Crippen LogP contribution is -2.30. The molecule has 2 N–H and O–H groups in total. The molecule has 1 aliphatic rings. The summed E-state index contributed by atoms with van der Waals surface area (Å²) in [4.78, 5) is 5.10. The second-order valence-corrected chi connectivity index (χ2v) is 8.90. The minimum atomic E-state index is -3.19. The molecular weight excluding hydrogens is 320 g/mol. The van der Waals surface area contributed by atoms with E-state index in [-0.39, 0.29) is 6.54 Å². The molecule has 0 aliphatic carbocycles. The fourth-order valence-corrected chi connectivity index (χ4v) is 4.05. The zero-order valence-corrected chi connectivity index (χ0v) is 14.4. The molecule has 0 radical (unpaired) electrons. The Morgan fingerprint density at radius 3 is 2.95 bits per heavy atom. The Bertz CT molecular complexity index is 764. The number of aromatic nitrogens is 2. The number of hydrogen-bond donors (Lipinski definition) is 2. The van der Waals surface area contributed by atoms with E-state index in [0.29, 0.717) is 0 Å². The summed E-state index contributed by atoms with van der Waals surface area (Å²) in [5.74, 6) is 0. The van der Waals surface area contributed by atoms with Crippen LogP contribution in [0, 0.1) is 6.92 Å². The van der Waals surface area contributed by atoms with Crippen LogP contribution >= 0.6 is 11.3 Å². The molecule has 2 aromatic rings. The summed E-state index contributed by atoms with van der Waals surface area (Å²) in [5, 5.41) is 7.33. The molecule has 3 heterocycles. The maximum absolute atomic E-state index is 11.2. The van der Waals surface area contributed by atoms with Crippen molar-refractivity contribution in [3.8, 4) is 0 Å². The van der Waals surface area contributed by atoms with Gasteiger partial charge in [-0.15, -0.1) is 11.3 Å². The van der Waals surface area contributed by atoms with Crippen molar-refractivity contribution in [1.82, 2.24) is 19.8 Å². The summed E-state index contributed by atoms with van der Waals surface area (Å²) in [6.45, 7) is 5.13. The molecule has 0 unspecified atom stereocenters. The molecule has 0 saturated heterocycles. The second-order valence-electron chi connectivity index (χ2n) is 5.69. The van der Waals surface area contributed by atoms with E-state index in [1.54, 1.807) is 0 Å². The van der Waals surface area contributed by atoms with Gasteiger partial charge < -0.3 is 0 Å². The van der Waals surface area contributed by atoms with Crippen LogP contribution in [0.15, 0.2) is 12.1 Å². The van der Waals surface area contributed by atoms with Gasteiger partial charge in [0, 0.05) is 35.0 Å². The summed E-state index contributed by atoms with van der Waals surface area (Å²) in [7, 11) is -3.19. The first-order chi connectivity index (χ1) is 10.4. The van der Waals surface area contributed by atoms with Crippen molar-refractivity contribution in [3.63, 3.8) is 0 Å². The van der Waals surface area contributed by atoms with Crippen molar-refractivity contribution in [2.24, 2.45) is 0 Å². The third-order valence-electron chi connectivity index (χ3n) is 3.78. The number of fused-ring (bicyclic) bond motifs is 1. The summed E-state index contributed by atoms with van der Waals surface area (Å²) >= 11 is 1.83. The van der Waals surface area contributed by atoms with Gasteiger partial charge in [0.1, 0.15) is 0 Å². The fraction of sp³-hybridized carbons (Fsp3) is 0.500. The highest BCUT2D eigenvalue weighted by atomic mass is 32.2. The highest BCUT2D eigenvalue weighted by molar-refractivity contribution is 7.88. The fourth-order valence-electron chi connectivity index (χ4n) is 2.71. The summed E-state index contributed by atoms with van der Waals surface area (Å²) in [6.07, 6.45) is 2.06. The van der Waals surface area contributed by atoms with E-state index in [1.807, 2.05) is 11.3 Å². The van der Waals surface area contributed by atoms with E-state index in [1.165, 1.54) is 9.75 Å². The Kier molecular flexibility index (Phi) is 4.35. The van der Waals surface area contributed by atoms with Crippen LogP contribution in [-0.4, -0.2) is 36.3 Å². The minimum Gasteiger partial charge on any atom is -0.292 e. The molecule has 2 aromatic heterocycles. The smallest absolute Gasteiger partial charge is 0.209 e. The number of hydrogen-bond acceptors (Lipinski definition) is 5. The molecule has 0 aromatic carbocycles. The number of H-pyrrole nitrogens is 1. The molecular formula is C14H20N4O2S2. The predicted octanol–water partition coefficient (Wildman–Crippen LogP) is 1.39. The van der Waals surface area contributed by atoms with Crippen molar-refractivity contribution in [3.05, 3.63) is 38.8 Å². The van der Waals surface area contributed by atoms with E-state index in [4.69, 9.17) is 0 Å². The van der Waals surface area contributed by atoms with Gasteiger partial charge in [-0.2, -0.15) is 5.10 Å². The molecule has 0 amide bonds. The van der Waals surface area contributed by atoms with Gasteiger partial charge in [0.25, 0.3) is 0 Å². The summed E-state index contributed by atoms with van der Waals surface area (Å²) in [6, 6.07) is 4.34. The van der Waals surface area contributed by atoms with Gasteiger partial charge in [-0.3, -0.25) is 10.00 Å². The average molecular weight is 340 g/mol. The number of sulfonamides is 1. The number of thiophene rings is 1. The highest BCUT2D eigenvalue weighted by Crippen LogP contribution is 2.24. The van der Waals surface area contributed by atoms with Crippen molar-refractivity contribution < 1.29 is 8.42 Å². The first-order valence-electron chi connectivity index (χ1n) is 7.18. The van der Waals surface area contributed by atoms with Gasteiger partial charge in [-0.05, 0) is 25.5 Å². The first-order valence-corrected chi connectivity index (χ1v) is 9.89. The van der Waals surface area contributed by atoms with Gasteiger partial charge in [0.05, 0.1) is 24.2 Å². The van der Waals surface area contributed by atoms with Crippen molar-refractivity contribution in [2.75, 3.05) is 12.8 Å². The molecule has 1 aliphatic heterocycles. The second kappa shape index (κ2) is 6.11. The van der Waals surface area contributed by atoms with Crippen LogP contribution in [0.3, 0.4) is 0 Å². The third kappa shape index (κ3) is 3.75. The van der Waals surface area contributed by atoms with Crippen molar-refractivity contribution >= 4 is 21.4 Å². The van der Waals surface area contributed by atoms with Crippen LogP contribution in [0.2, 0.25) is 0 Å². The van der Waals surface area contributed by atoms with E-state index in [0.717, 1.165) is 49.3 Å². The Morgan fingerprint density at radius 2 is 2.27 bits per heavy atom. The molecule has 22 heavy (non-hydrogen) atoms. The molecule has 120 valence electrons. The van der Waals surface area contributed by atoms with Crippen LogP contribution in [0.25, 0.3) is 0 Å². The van der Waals surface area contributed by atoms with Crippen LogP contribution in [0.5, 0.6) is 0 Å². The molecule has 0 atom stereocenters. The van der Waals surface area contributed by atoms with Gasteiger partial charge in [0.2, 0.25) is 10.0 Å². The summed E-state index contributed by atoms with van der Waals surface area (Å²) in [5.41, 5.74) is 3.08. The number of rotatable bonds is 5. The van der Waals surface area contributed by atoms with Crippen LogP contribution in [0.1, 0.15) is 26.7 Å². The Hall–Kier alpha value is -1.22. The Morgan fingerprint density at radius 1 is 1.45 bits per heavy atom. The average Bonchev–Trinajstić information content (AvgIpc) is 3.02. The zero-order chi connectivity index (χ0) is 15.7. The van der Waals surface area contributed by atoms with Crippen molar-refractivity contribution in [2.45, 2.75) is 33.0 Å². The van der Waals surface area contributed by atoms with E-state index >= 15 is 0 Å². The Balaban J connectivity index is 1.65. The lowest BCUT2D eigenvalue weighted by molar-refractivity contribution is 0.244. The number of nitrogens with zero attached hydrogens (tertiary/aromatic N) is 2. The van der Waals surface area contributed by atoms with Gasteiger partial charge >= 0.3 is 0 Å². The van der Waals surface area contributed by atoms with E-state index < -0.39 is 10.0 Å². The highest BCUT2D eigenvalue weighted by Gasteiger charge is 2.22. The normalized spacial score (nSPS) is 15.9. The van der Waals surface area contributed by atoms with Crippen LogP contribution < -0.4 is 4.72 Å². The van der Waals surface area contributed by atoms with Crippen LogP contribution in [0.4, 0.5) is 0 Å². The van der Waals surface area contributed by atoms with Gasteiger partial charge in [-0.1, -0.05) is 0 Å².